The lowest BCUT2D eigenvalue weighted by atomic mass is 9.97. The number of morpholine rings is 2. The minimum Gasteiger partial charge on any atom is -0.497 e. The number of methoxy groups -OCH3 is 3. The summed E-state index contributed by atoms with van der Waals surface area (Å²) in [5, 5.41) is 14.3. The van der Waals surface area contributed by atoms with E-state index in [1.807, 2.05) is 128 Å². The Morgan fingerprint density at radius 1 is 0.400 bits per heavy atom. The quantitative estimate of drug-likeness (QED) is 0.0612. The third-order valence-corrected chi connectivity index (χ3v) is 18.7. The number of hydrogen-bond donors (Lipinski definition) is 0. The van der Waals surface area contributed by atoms with Crippen molar-refractivity contribution in [2.75, 3.05) is 148 Å². The van der Waals surface area contributed by atoms with Gasteiger partial charge in [-0.05, 0) is 118 Å². The van der Waals surface area contributed by atoms with Crippen molar-refractivity contribution in [2.45, 2.75) is 82.1 Å². The highest BCUT2D eigenvalue weighted by atomic mass is 16.6. The van der Waals surface area contributed by atoms with Gasteiger partial charge < -0.3 is 71.5 Å². The Hall–Kier alpha value is -9.51. The van der Waals surface area contributed by atoms with Crippen molar-refractivity contribution in [3.63, 3.8) is 0 Å². The molecule has 0 radical (unpaired) electrons. The average molecular weight is 1370 g/mol. The summed E-state index contributed by atoms with van der Waals surface area (Å²) in [5.41, 5.74) is 5.44. The van der Waals surface area contributed by atoms with Gasteiger partial charge in [-0.25, -0.2) is 14.0 Å². The second-order valence-corrected chi connectivity index (χ2v) is 25.3. The lowest BCUT2D eigenvalue weighted by Crippen LogP contribution is -2.37. The predicted octanol–water partition coefficient (Wildman–Crippen LogP) is 9.37. The molecule has 2 unspecified atom stereocenters. The molecule has 7 aliphatic rings. The van der Waals surface area contributed by atoms with Crippen LogP contribution in [0.25, 0.3) is 51.2 Å². The van der Waals surface area contributed by atoms with E-state index in [0.29, 0.717) is 93.7 Å². The third-order valence-electron chi connectivity index (χ3n) is 18.7. The zero-order chi connectivity index (χ0) is 67.8. The fraction of sp³-hybridized carbons (Fsp3) is 0.466. The lowest BCUT2D eigenvalue weighted by molar-refractivity contribution is 0.0589. The molecule has 6 aromatic heterocycles. The molecule has 0 saturated carbocycles. The summed E-state index contributed by atoms with van der Waals surface area (Å²) in [5.74, 6) is 7.49. The van der Waals surface area contributed by atoms with Crippen molar-refractivity contribution in [1.82, 2.24) is 59.2 Å². The molecule has 0 aliphatic carbocycles. The largest absolute Gasteiger partial charge is 0.497 e. The molecule has 3 aromatic carbocycles. The first-order chi connectivity index (χ1) is 49.3. The van der Waals surface area contributed by atoms with E-state index in [4.69, 9.17) is 87.1 Å². The zero-order valence-electron chi connectivity index (χ0n) is 57.0. The van der Waals surface area contributed by atoms with Gasteiger partial charge in [-0.3, -0.25) is 0 Å². The van der Waals surface area contributed by atoms with Gasteiger partial charge in [0.2, 0.25) is 0 Å². The molecular formula is C73H87N15O12. The first-order valence-corrected chi connectivity index (χ1v) is 34.9. The molecule has 16 rings (SSSR count). The van der Waals surface area contributed by atoms with Gasteiger partial charge in [0.25, 0.3) is 0 Å². The van der Waals surface area contributed by atoms with Crippen molar-refractivity contribution in [3.8, 4) is 86.5 Å². The molecule has 27 nitrogen and oxygen atoms in total. The molecule has 0 amide bonds. The van der Waals surface area contributed by atoms with Gasteiger partial charge in [0.15, 0.2) is 17.5 Å². The Morgan fingerprint density at radius 2 is 0.830 bits per heavy atom. The van der Waals surface area contributed by atoms with Crippen LogP contribution >= 0.6 is 0 Å². The molecule has 7 aliphatic heterocycles. The van der Waals surface area contributed by atoms with Gasteiger partial charge in [-0.2, -0.15) is 45.2 Å². The van der Waals surface area contributed by atoms with Crippen LogP contribution in [0, 0.1) is 5.92 Å². The Labute approximate surface area is 581 Å². The van der Waals surface area contributed by atoms with Crippen LogP contribution in [0.15, 0.2) is 128 Å². The fourth-order valence-electron chi connectivity index (χ4n) is 13.2. The van der Waals surface area contributed by atoms with Crippen LogP contribution in [-0.2, 0) is 28.4 Å². The van der Waals surface area contributed by atoms with E-state index in [1.165, 1.54) is 0 Å². The molecule has 0 spiro atoms. The molecule has 0 N–H and O–H groups in total. The summed E-state index contributed by atoms with van der Waals surface area (Å²) in [4.78, 5) is 34.8. The third kappa shape index (κ3) is 17.2. The molecule has 7 fully saturated rings. The monoisotopic (exact) mass is 1370 g/mol. The highest BCUT2D eigenvalue weighted by Gasteiger charge is 2.40. The Morgan fingerprint density at radius 3 is 1.28 bits per heavy atom. The van der Waals surface area contributed by atoms with Gasteiger partial charge in [0, 0.05) is 119 Å². The number of fused-ring (bicyclic) bond motifs is 1. The zero-order valence-corrected chi connectivity index (χ0v) is 57.0. The number of anilines is 3. The molecule has 526 valence electrons. The molecule has 27 heteroatoms. The van der Waals surface area contributed by atoms with Gasteiger partial charge in [-0.15, -0.1) is 0 Å². The smallest absolute Gasteiger partial charge is 0.320 e. The van der Waals surface area contributed by atoms with E-state index < -0.39 is 0 Å². The summed E-state index contributed by atoms with van der Waals surface area (Å²) >= 11 is 0. The maximum absolute atomic E-state index is 6.05. The molecular weight excluding hydrogens is 1280 g/mol. The summed E-state index contributed by atoms with van der Waals surface area (Å²) < 4.78 is 73.1. The maximum Gasteiger partial charge on any atom is 0.320 e. The van der Waals surface area contributed by atoms with E-state index in [2.05, 4.69) is 29.7 Å². The van der Waals surface area contributed by atoms with Crippen LogP contribution in [0.4, 0.5) is 17.5 Å². The van der Waals surface area contributed by atoms with Gasteiger partial charge >= 0.3 is 18.0 Å². The van der Waals surface area contributed by atoms with Crippen LogP contribution in [0.2, 0.25) is 0 Å². The lowest BCUT2D eigenvalue weighted by Gasteiger charge is -2.28. The summed E-state index contributed by atoms with van der Waals surface area (Å²) in [6, 6.07) is 36.7. The summed E-state index contributed by atoms with van der Waals surface area (Å²) in [6.45, 7) is 12.3. The van der Waals surface area contributed by atoms with Gasteiger partial charge in [0.05, 0.1) is 95.8 Å². The van der Waals surface area contributed by atoms with Crippen LogP contribution in [0.3, 0.4) is 0 Å². The van der Waals surface area contributed by atoms with Crippen LogP contribution in [-0.4, -0.2) is 217 Å². The normalized spacial score (nSPS) is 19.9. The van der Waals surface area contributed by atoms with Crippen molar-refractivity contribution in [2.24, 2.45) is 5.92 Å². The predicted molar refractivity (Wildman–Crippen MR) is 372 cm³/mol. The number of ether oxygens (including phenoxy) is 12. The first-order valence-electron chi connectivity index (χ1n) is 34.9. The minimum absolute atomic E-state index is 0.0958. The van der Waals surface area contributed by atoms with Gasteiger partial charge in [0.1, 0.15) is 47.9 Å². The molecule has 13 heterocycles. The summed E-state index contributed by atoms with van der Waals surface area (Å²) in [7, 11) is 4.98. The van der Waals surface area contributed by atoms with Crippen molar-refractivity contribution >= 4 is 17.5 Å². The van der Waals surface area contributed by atoms with E-state index in [-0.39, 0.29) is 18.3 Å². The number of aromatic nitrogens is 12. The number of rotatable bonds is 22. The molecule has 7 saturated heterocycles. The SMILES string of the molecule is COc1cccc(-c2ccn(-c3cc(N4CCOCC4)nc(OCC4CCCO4)n3)n2)c1.COc1cccc(-c2ccn(-c3cc(N4CCOCC4)nc(OCCC4CCOCC4)n3)n2)c1.COc1cccc(-c2ccn(-c3cc(N4CC[C@H]5OCC[C@H]54)nc(OCC4CCCO4)n3)n2)c1. The van der Waals surface area contributed by atoms with Crippen molar-refractivity contribution in [1.29, 1.82) is 0 Å². The minimum atomic E-state index is 0.0958. The Kier molecular flexibility index (Phi) is 22.4. The Balaban J connectivity index is 0.000000128. The standard InChI is InChI=1S/C25H29N5O4.C25H31N5O4.C23H27N5O4/c1-31-18-5-2-4-17(14-18)20-7-11-30(28-20)24-15-23(29-10-8-22-21(29)9-13-33-22)26-25(27-24)34-16-19-6-3-12-32-19;1-31-21-4-2-3-20(17-21)22-5-9-30(28-22)24-18-23(29-10-15-33-16-11-29)26-25(27-24)34-14-8-19-6-12-32-13-7-19;1-29-18-5-2-4-17(14-18)20-7-8-28(26-20)22-15-21(27-9-12-30-13-10-27)24-23(25-22)32-16-19-6-3-11-31-19/h2,4-5,7,11,14-15,19,21-22H,3,6,8-10,12-13,16H2,1H3;2-5,9,17-19H,6-8,10-16H2,1H3;2,4-5,7-8,14-15,19H,3,6,9-13,16H2,1H3/t19?,21-,22-;;/m1../s1. The van der Waals surface area contributed by atoms with E-state index in [0.717, 1.165) is 192 Å². The van der Waals surface area contributed by atoms with E-state index in [1.54, 1.807) is 35.4 Å². The van der Waals surface area contributed by atoms with Crippen LogP contribution < -0.4 is 43.1 Å². The number of nitrogens with zero attached hydrogens (tertiary/aromatic N) is 15. The van der Waals surface area contributed by atoms with Crippen molar-refractivity contribution < 1.29 is 56.8 Å². The second-order valence-electron chi connectivity index (χ2n) is 25.3. The van der Waals surface area contributed by atoms with Gasteiger partial charge in [-0.1, -0.05) is 36.4 Å². The average Bonchev–Trinajstić information content (AvgIpc) is 1.66. The Bertz CT molecular complexity index is 4090. The number of benzene rings is 3. The molecule has 0 bridgehead atoms. The van der Waals surface area contributed by atoms with Crippen LogP contribution in [0.1, 0.15) is 57.8 Å². The molecule has 9 aromatic rings. The second kappa shape index (κ2) is 33.1. The van der Waals surface area contributed by atoms with E-state index in [9.17, 15) is 0 Å². The maximum atomic E-state index is 6.05. The molecule has 4 atom stereocenters. The van der Waals surface area contributed by atoms with E-state index >= 15 is 0 Å². The summed E-state index contributed by atoms with van der Waals surface area (Å²) in [6.07, 6.45) is 15.5. The first kappa shape index (κ1) is 67.7. The van der Waals surface area contributed by atoms with Crippen molar-refractivity contribution in [3.05, 3.63) is 128 Å². The topological polar surface area (TPSA) is 251 Å². The highest BCUT2D eigenvalue weighted by molar-refractivity contribution is 5.64. The number of hydrogen-bond acceptors (Lipinski definition) is 24. The molecule has 100 heavy (non-hydrogen) atoms. The van der Waals surface area contributed by atoms with Crippen LogP contribution in [0.5, 0.6) is 35.3 Å². The fourth-order valence-corrected chi connectivity index (χ4v) is 13.2. The highest BCUT2D eigenvalue weighted by Crippen LogP contribution is 2.35.